The average Bonchev–Trinajstić information content (AvgIpc) is 3.05. The summed E-state index contributed by atoms with van der Waals surface area (Å²) in [5, 5.41) is 7.48. The second kappa shape index (κ2) is 7.35. The second-order valence-electron chi connectivity index (χ2n) is 7.48. The highest BCUT2D eigenvalue weighted by Gasteiger charge is 2.46. The van der Waals surface area contributed by atoms with Crippen molar-refractivity contribution in [1.29, 1.82) is 0 Å². The van der Waals surface area contributed by atoms with Gasteiger partial charge in [-0.2, -0.15) is 5.10 Å². The second-order valence-corrected chi connectivity index (χ2v) is 7.48. The van der Waals surface area contributed by atoms with Gasteiger partial charge in [-0.15, -0.1) is 0 Å². The van der Waals surface area contributed by atoms with Gasteiger partial charge in [0, 0.05) is 30.7 Å². The van der Waals surface area contributed by atoms with Crippen molar-refractivity contribution >= 4 is 5.91 Å². The lowest BCUT2D eigenvalue weighted by Crippen LogP contribution is -2.58. The number of aryl methyl sites for hydroxylation is 1. The minimum atomic E-state index is -0.218. The molecule has 3 atom stereocenters. The normalized spacial score (nSPS) is 23.1. The van der Waals surface area contributed by atoms with Crippen molar-refractivity contribution in [2.24, 2.45) is 0 Å². The smallest absolute Gasteiger partial charge is 0.220 e. The van der Waals surface area contributed by atoms with Gasteiger partial charge in [-0.1, -0.05) is 6.07 Å². The lowest BCUT2D eigenvalue weighted by molar-refractivity contribution is -0.142. The van der Waals surface area contributed by atoms with E-state index in [1.54, 1.807) is 12.4 Å². The first-order valence-electron chi connectivity index (χ1n) is 8.78. The molecule has 3 rings (SSSR count). The highest BCUT2D eigenvalue weighted by Crippen LogP contribution is 2.37. The number of rotatable bonds is 6. The number of carbonyl (C=O) groups excluding carboxylic acids is 1. The summed E-state index contributed by atoms with van der Waals surface area (Å²) in [6.07, 6.45) is 7.37. The summed E-state index contributed by atoms with van der Waals surface area (Å²) in [7, 11) is 0. The van der Waals surface area contributed by atoms with Crippen LogP contribution in [-0.4, -0.2) is 38.4 Å². The molecule has 1 saturated carbocycles. The van der Waals surface area contributed by atoms with E-state index in [4.69, 9.17) is 4.74 Å². The van der Waals surface area contributed by atoms with Crippen molar-refractivity contribution < 1.29 is 9.53 Å². The molecule has 0 unspecified atom stereocenters. The van der Waals surface area contributed by atoms with Crippen LogP contribution in [0.3, 0.4) is 0 Å². The van der Waals surface area contributed by atoms with Gasteiger partial charge in [-0.25, -0.2) is 0 Å². The van der Waals surface area contributed by atoms with Crippen molar-refractivity contribution in [1.82, 2.24) is 20.1 Å². The summed E-state index contributed by atoms with van der Waals surface area (Å²) in [6.45, 7) is 6.14. The van der Waals surface area contributed by atoms with E-state index < -0.39 is 0 Å². The van der Waals surface area contributed by atoms with Crippen LogP contribution >= 0.6 is 0 Å². The molecule has 0 bridgehead atoms. The number of carbonyl (C=O) groups is 1. The molecule has 6 nitrogen and oxygen atoms in total. The summed E-state index contributed by atoms with van der Waals surface area (Å²) in [4.78, 5) is 16.6. The Labute approximate surface area is 148 Å². The van der Waals surface area contributed by atoms with E-state index in [2.05, 4.69) is 15.4 Å². The summed E-state index contributed by atoms with van der Waals surface area (Å²) < 4.78 is 8.02. The molecule has 2 aromatic heterocycles. The van der Waals surface area contributed by atoms with E-state index in [0.717, 1.165) is 12.1 Å². The van der Waals surface area contributed by atoms with Crippen LogP contribution in [0.15, 0.2) is 42.9 Å². The Kier molecular flexibility index (Phi) is 5.18. The highest BCUT2D eigenvalue weighted by molar-refractivity contribution is 5.76. The van der Waals surface area contributed by atoms with Crippen LogP contribution in [0.4, 0.5) is 0 Å². The lowest BCUT2D eigenvalue weighted by atomic mass is 9.82. The predicted octanol–water partition coefficient (Wildman–Crippen LogP) is 2.52. The molecule has 1 amide bonds. The van der Waals surface area contributed by atoms with Crippen molar-refractivity contribution in [3.8, 4) is 0 Å². The minimum Gasteiger partial charge on any atom is -0.370 e. The molecule has 1 N–H and O–H groups in total. The topological polar surface area (TPSA) is 69.0 Å². The number of nitrogens with zero attached hydrogens (tertiary/aromatic N) is 3. The molecule has 1 aliphatic rings. The van der Waals surface area contributed by atoms with Gasteiger partial charge in [-0.3, -0.25) is 14.5 Å². The van der Waals surface area contributed by atoms with Crippen LogP contribution in [-0.2, 0) is 16.0 Å². The van der Waals surface area contributed by atoms with Crippen LogP contribution < -0.4 is 5.32 Å². The monoisotopic (exact) mass is 342 g/mol. The first-order valence-corrected chi connectivity index (χ1v) is 8.78. The minimum absolute atomic E-state index is 0.0352. The molecule has 0 saturated heterocycles. The van der Waals surface area contributed by atoms with E-state index in [0.29, 0.717) is 12.8 Å². The molecule has 6 heteroatoms. The zero-order valence-electron chi connectivity index (χ0n) is 15.1. The van der Waals surface area contributed by atoms with Gasteiger partial charge in [0.2, 0.25) is 5.91 Å². The summed E-state index contributed by atoms with van der Waals surface area (Å²) >= 11 is 0. The third-order valence-electron chi connectivity index (χ3n) is 4.30. The molecule has 0 radical (unpaired) electrons. The number of hydrogen-bond acceptors (Lipinski definition) is 4. The van der Waals surface area contributed by atoms with E-state index in [1.807, 2.05) is 55.9 Å². The van der Waals surface area contributed by atoms with E-state index in [1.165, 1.54) is 0 Å². The van der Waals surface area contributed by atoms with Crippen LogP contribution in [0.5, 0.6) is 0 Å². The fraction of sp³-hybridized carbons (Fsp3) is 0.526. The third-order valence-corrected chi connectivity index (χ3v) is 4.30. The Morgan fingerprint density at radius 3 is 2.80 bits per heavy atom. The summed E-state index contributed by atoms with van der Waals surface area (Å²) in [5.41, 5.74) is 0.716. The molecule has 0 spiro atoms. The molecule has 2 heterocycles. The number of hydrogen-bond donors (Lipinski definition) is 1. The van der Waals surface area contributed by atoms with Crippen LogP contribution in [0.25, 0.3) is 0 Å². The third kappa shape index (κ3) is 4.66. The van der Waals surface area contributed by atoms with Gasteiger partial charge in [0.1, 0.15) is 0 Å². The average molecular weight is 342 g/mol. The van der Waals surface area contributed by atoms with E-state index in [9.17, 15) is 4.79 Å². The van der Waals surface area contributed by atoms with Gasteiger partial charge in [0.15, 0.2) is 0 Å². The number of nitrogens with one attached hydrogen (secondary N) is 1. The maximum atomic E-state index is 12.3. The first kappa shape index (κ1) is 17.6. The van der Waals surface area contributed by atoms with Crippen molar-refractivity contribution in [3.63, 3.8) is 0 Å². The zero-order valence-corrected chi connectivity index (χ0v) is 15.1. The van der Waals surface area contributed by atoms with Crippen molar-refractivity contribution in [2.45, 2.75) is 63.8 Å². The molecular weight excluding hydrogens is 316 g/mol. The highest BCUT2D eigenvalue weighted by atomic mass is 16.5. The van der Waals surface area contributed by atoms with Gasteiger partial charge in [-0.05, 0) is 51.8 Å². The Morgan fingerprint density at radius 2 is 2.16 bits per heavy atom. The maximum Gasteiger partial charge on any atom is 0.220 e. The Morgan fingerprint density at radius 1 is 1.32 bits per heavy atom. The molecule has 1 aliphatic carbocycles. The number of aromatic nitrogens is 3. The Balaban J connectivity index is 1.57. The maximum absolute atomic E-state index is 12.3. The molecule has 134 valence electrons. The van der Waals surface area contributed by atoms with E-state index >= 15 is 0 Å². The Bertz CT molecular complexity index is 679. The molecule has 1 fully saturated rings. The Hall–Kier alpha value is -2.21. The standard InChI is InChI=1S/C19H26N4O2/c1-19(2,3)25-16-13-15(18(16)23-12-6-11-21-23)22-17(24)9-8-14-7-4-5-10-20-14/h4-7,10-12,15-16,18H,8-9,13H2,1-3H3,(H,22,24)/t15-,16+,18-/m0/s1. The van der Waals surface area contributed by atoms with Crippen LogP contribution in [0.1, 0.15) is 45.3 Å². The SMILES string of the molecule is CC(C)(C)O[C@@H]1C[C@H](NC(=O)CCc2ccccn2)[C@@H]1n1cccn1. The first-order chi connectivity index (χ1) is 11.9. The number of ether oxygens (including phenoxy) is 1. The van der Waals surface area contributed by atoms with Gasteiger partial charge in [0.25, 0.3) is 0 Å². The quantitative estimate of drug-likeness (QED) is 0.876. The van der Waals surface area contributed by atoms with Crippen molar-refractivity contribution in [2.75, 3.05) is 0 Å². The largest absolute Gasteiger partial charge is 0.370 e. The molecule has 25 heavy (non-hydrogen) atoms. The van der Waals surface area contributed by atoms with Crippen molar-refractivity contribution in [3.05, 3.63) is 48.5 Å². The fourth-order valence-corrected chi connectivity index (χ4v) is 3.19. The molecule has 2 aromatic rings. The number of amides is 1. The molecular formula is C19H26N4O2. The van der Waals surface area contributed by atoms with Gasteiger partial charge < -0.3 is 10.1 Å². The number of pyridine rings is 1. The molecule has 0 aromatic carbocycles. The summed E-state index contributed by atoms with van der Waals surface area (Å²) in [6, 6.07) is 7.73. The zero-order chi connectivity index (χ0) is 17.9. The van der Waals surface area contributed by atoms with Crippen LogP contribution in [0.2, 0.25) is 0 Å². The molecule has 0 aliphatic heterocycles. The fourth-order valence-electron chi connectivity index (χ4n) is 3.19. The van der Waals surface area contributed by atoms with E-state index in [-0.39, 0.29) is 29.7 Å². The summed E-state index contributed by atoms with van der Waals surface area (Å²) in [5.74, 6) is 0.0435. The van der Waals surface area contributed by atoms with Crippen LogP contribution in [0, 0.1) is 0 Å². The van der Waals surface area contributed by atoms with Gasteiger partial charge in [0.05, 0.1) is 23.8 Å². The van der Waals surface area contributed by atoms with Gasteiger partial charge >= 0.3 is 0 Å². The predicted molar refractivity (Wildman–Crippen MR) is 95.0 cm³/mol. The lowest BCUT2D eigenvalue weighted by Gasteiger charge is -2.46.